The van der Waals surface area contributed by atoms with Crippen molar-refractivity contribution in [3.8, 4) is 5.69 Å². The molecule has 1 heterocycles. The van der Waals surface area contributed by atoms with Gasteiger partial charge in [0.1, 0.15) is 6.33 Å². The number of hydrogen-bond acceptors (Lipinski definition) is 5. The minimum Gasteiger partial charge on any atom is -0.324 e. The van der Waals surface area contributed by atoms with E-state index in [1.807, 2.05) is 36.4 Å². The summed E-state index contributed by atoms with van der Waals surface area (Å²) >= 11 is 0. The van der Waals surface area contributed by atoms with Gasteiger partial charge in [-0.2, -0.15) is 0 Å². The fourth-order valence-corrected chi connectivity index (χ4v) is 3.43. The Balaban J connectivity index is 1.36. The molecule has 8 heteroatoms. The van der Waals surface area contributed by atoms with Crippen molar-refractivity contribution in [3.63, 3.8) is 0 Å². The number of carbonyl (C=O) groups is 2. The predicted molar refractivity (Wildman–Crippen MR) is 113 cm³/mol. The van der Waals surface area contributed by atoms with E-state index in [0.717, 1.165) is 24.1 Å². The lowest BCUT2D eigenvalue weighted by Crippen LogP contribution is -2.19. The van der Waals surface area contributed by atoms with Crippen LogP contribution in [0.5, 0.6) is 0 Å². The zero-order valence-corrected chi connectivity index (χ0v) is 16.4. The smallest absolute Gasteiger partial charge is 0.228 e. The van der Waals surface area contributed by atoms with Crippen molar-refractivity contribution >= 4 is 23.2 Å². The molecule has 1 atom stereocenters. The first-order valence-corrected chi connectivity index (χ1v) is 9.85. The monoisotopic (exact) mass is 402 g/mol. The third-order valence-electron chi connectivity index (χ3n) is 4.95. The topological polar surface area (TPSA) is 102 Å². The van der Waals surface area contributed by atoms with E-state index in [-0.39, 0.29) is 18.2 Å². The van der Waals surface area contributed by atoms with Crippen molar-refractivity contribution < 1.29 is 9.59 Å². The van der Waals surface area contributed by atoms with Crippen LogP contribution >= 0.6 is 0 Å². The summed E-state index contributed by atoms with van der Waals surface area (Å²) in [5.41, 5.74) is 2.86. The van der Waals surface area contributed by atoms with Crippen LogP contribution in [0.3, 0.4) is 0 Å². The molecule has 0 bridgehead atoms. The maximum Gasteiger partial charge on any atom is 0.228 e. The van der Waals surface area contributed by atoms with E-state index in [0.29, 0.717) is 23.7 Å². The van der Waals surface area contributed by atoms with Crippen LogP contribution in [-0.2, 0) is 16.0 Å². The summed E-state index contributed by atoms with van der Waals surface area (Å²) in [6, 6.07) is 14.7. The quantitative estimate of drug-likeness (QED) is 0.591. The molecule has 4 rings (SSSR count). The molecule has 152 valence electrons. The molecule has 0 radical (unpaired) electrons. The van der Waals surface area contributed by atoms with Crippen LogP contribution in [0.2, 0.25) is 0 Å². The Morgan fingerprint density at radius 3 is 2.37 bits per heavy atom. The van der Waals surface area contributed by atoms with Gasteiger partial charge in [0.25, 0.3) is 0 Å². The highest BCUT2D eigenvalue weighted by atomic mass is 16.2. The molecule has 0 saturated carbocycles. The van der Waals surface area contributed by atoms with Crippen LogP contribution in [0.15, 0.2) is 67.0 Å². The third-order valence-corrected chi connectivity index (χ3v) is 4.95. The number of allylic oxidation sites excluding steroid dienone is 2. The number of amides is 2. The van der Waals surface area contributed by atoms with Crippen molar-refractivity contribution in [2.75, 3.05) is 10.6 Å². The average Bonchev–Trinajstić information content (AvgIpc) is 3.44. The first-order valence-electron chi connectivity index (χ1n) is 9.85. The number of nitrogens with one attached hydrogen (secondary N) is 2. The second-order valence-corrected chi connectivity index (χ2v) is 7.21. The van der Waals surface area contributed by atoms with Gasteiger partial charge < -0.3 is 10.6 Å². The molecule has 2 N–H and O–H groups in total. The van der Waals surface area contributed by atoms with Gasteiger partial charge in [-0.15, -0.1) is 5.10 Å². The molecule has 1 unspecified atom stereocenters. The number of hydrogen-bond donors (Lipinski definition) is 2. The Morgan fingerprint density at radius 1 is 1.00 bits per heavy atom. The molecular formula is C22H22N6O2. The summed E-state index contributed by atoms with van der Waals surface area (Å²) < 4.78 is 1.55. The standard InChI is InChI=1S/C22H22N6O2/c29-21(13-16-5-1-2-6-16)24-19-7-3-4-8-20(19)25-22(30)14-17-9-11-18(12-10-17)28-15-23-26-27-28/h1,3-5,7-12,15-16H,2,6,13-14H2,(H,24,29)(H,25,30). The molecule has 1 aliphatic carbocycles. The van der Waals surface area contributed by atoms with Gasteiger partial charge >= 0.3 is 0 Å². The molecule has 3 aromatic rings. The number of tetrazole rings is 1. The van der Waals surface area contributed by atoms with Crippen molar-refractivity contribution in [1.29, 1.82) is 0 Å². The molecular weight excluding hydrogens is 380 g/mol. The average molecular weight is 402 g/mol. The second-order valence-electron chi connectivity index (χ2n) is 7.21. The van der Waals surface area contributed by atoms with Crippen LogP contribution < -0.4 is 10.6 Å². The molecule has 1 aromatic heterocycles. The number of carbonyl (C=O) groups excluding carboxylic acids is 2. The highest BCUT2D eigenvalue weighted by molar-refractivity contribution is 6.00. The zero-order valence-electron chi connectivity index (χ0n) is 16.4. The maximum absolute atomic E-state index is 12.5. The minimum absolute atomic E-state index is 0.0496. The lowest BCUT2D eigenvalue weighted by molar-refractivity contribution is -0.117. The minimum atomic E-state index is -0.161. The molecule has 0 spiro atoms. The van der Waals surface area contributed by atoms with E-state index in [1.165, 1.54) is 6.33 Å². The molecule has 0 saturated heterocycles. The van der Waals surface area contributed by atoms with Crippen molar-refractivity contribution in [2.24, 2.45) is 5.92 Å². The SMILES string of the molecule is O=C(Cc1ccc(-n2cnnn2)cc1)Nc1ccccc1NC(=O)CC1C=CCC1. The molecule has 8 nitrogen and oxygen atoms in total. The number of aromatic nitrogens is 4. The Bertz CT molecular complexity index is 1040. The Morgan fingerprint density at radius 2 is 1.73 bits per heavy atom. The number of benzene rings is 2. The summed E-state index contributed by atoms with van der Waals surface area (Å²) in [5, 5.41) is 16.9. The van der Waals surface area contributed by atoms with E-state index < -0.39 is 0 Å². The maximum atomic E-state index is 12.5. The van der Waals surface area contributed by atoms with Gasteiger partial charge in [-0.25, -0.2) is 4.68 Å². The zero-order chi connectivity index (χ0) is 20.8. The van der Waals surface area contributed by atoms with E-state index in [4.69, 9.17) is 0 Å². The van der Waals surface area contributed by atoms with Crippen LogP contribution in [0.1, 0.15) is 24.8 Å². The number of anilines is 2. The summed E-state index contributed by atoms with van der Waals surface area (Å²) in [7, 11) is 0. The second kappa shape index (κ2) is 9.13. The number of rotatable bonds is 7. The van der Waals surface area contributed by atoms with Crippen molar-refractivity contribution in [3.05, 3.63) is 72.6 Å². The van der Waals surface area contributed by atoms with E-state index in [9.17, 15) is 9.59 Å². The Labute approximate surface area is 174 Å². The third kappa shape index (κ3) is 4.96. The van der Waals surface area contributed by atoms with Crippen LogP contribution in [0.4, 0.5) is 11.4 Å². The first-order chi connectivity index (χ1) is 14.7. The van der Waals surface area contributed by atoms with Crippen molar-refractivity contribution in [1.82, 2.24) is 20.2 Å². The molecule has 0 fully saturated rings. The molecule has 2 amide bonds. The summed E-state index contributed by atoms with van der Waals surface area (Å²) in [6.45, 7) is 0. The fraction of sp³-hybridized carbons (Fsp3) is 0.227. The largest absolute Gasteiger partial charge is 0.324 e. The number of nitrogens with zero attached hydrogens (tertiary/aromatic N) is 4. The lowest BCUT2D eigenvalue weighted by atomic mass is 10.0. The van der Waals surface area contributed by atoms with E-state index in [1.54, 1.807) is 16.8 Å². The van der Waals surface area contributed by atoms with Crippen LogP contribution in [0.25, 0.3) is 5.69 Å². The van der Waals surface area contributed by atoms with Gasteiger partial charge in [-0.05, 0) is 59.0 Å². The van der Waals surface area contributed by atoms with Crippen LogP contribution in [-0.4, -0.2) is 32.0 Å². The number of para-hydroxylation sites is 2. The summed E-state index contributed by atoms with van der Waals surface area (Å²) in [4.78, 5) is 24.9. The first kappa shape index (κ1) is 19.5. The lowest BCUT2D eigenvalue weighted by Gasteiger charge is -2.13. The molecule has 0 aliphatic heterocycles. The van der Waals surface area contributed by atoms with Crippen molar-refractivity contribution in [2.45, 2.75) is 25.7 Å². The predicted octanol–water partition coefficient (Wildman–Crippen LogP) is 3.14. The summed E-state index contributed by atoms with van der Waals surface area (Å²) in [5.74, 6) is 0.0834. The van der Waals surface area contributed by atoms with Gasteiger partial charge in [0, 0.05) is 6.42 Å². The molecule has 1 aliphatic rings. The normalized spacial score (nSPS) is 15.1. The van der Waals surface area contributed by atoms with Crippen LogP contribution in [0, 0.1) is 5.92 Å². The van der Waals surface area contributed by atoms with Gasteiger partial charge in [0.2, 0.25) is 11.8 Å². The van der Waals surface area contributed by atoms with E-state index >= 15 is 0 Å². The fourth-order valence-electron chi connectivity index (χ4n) is 3.43. The summed E-state index contributed by atoms with van der Waals surface area (Å²) in [6.07, 6.45) is 8.42. The molecule has 30 heavy (non-hydrogen) atoms. The highest BCUT2D eigenvalue weighted by Gasteiger charge is 2.15. The Hall–Kier alpha value is -3.81. The van der Waals surface area contributed by atoms with Gasteiger partial charge in [0.05, 0.1) is 23.5 Å². The highest BCUT2D eigenvalue weighted by Crippen LogP contribution is 2.24. The Kier molecular flexibility index (Phi) is 5.93. The molecule has 2 aromatic carbocycles. The van der Waals surface area contributed by atoms with Gasteiger partial charge in [-0.1, -0.05) is 36.4 Å². The van der Waals surface area contributed by atoms with E-state index in [2.05, 4.69) is 38.3 Å². The van der Waals surface area contributed by atoms with Gasteiger partial charge in [-0.3, -0.25) is 9.59 Å². The van der Waals surface area contributed by atoms with Gasteiger partial charge in [0.15, 0.2) is 0 Å².